The van der Waals surface area contributed by atoms with Crippen molar-refractivity contribution in [2.24, 2.45) is 0 Å². The van der Waals surface area contributed by atoms with E-state index in [9.17, 15) is 9.18 Å². The summed E-state index contributed by atoms with van der Waals surface area (Å²) in [6.45, 7) is 5.64. The van der Waals surface area contributed by atoms with Crippen LogP contribution >= 0.6 is 0 Å². The minimum Gasteiger partial charge on any atom is -0.361 e. The highest BCUT2D eigenvalue weighted by atomic mass is 19.1. The number of piperidine rings is 1. The van der Waals surface area contributed by atoms with Crippen LogP contribution < -0.4 is 21.1 Å². The van der Waals surface area contributed by atoms with Gasteiger partial charge >= 0.3 is 0 Å². The molecule has 2 aliphatic heterocycles. The van der Waals surface area contributed by atoms with Crippen molar-refractivity contribution >= 4 is 5.69 Å². The summed E-state index contributed by atoms with van der Waals surface area (Å²) in [6, 6.07) is 4.06. The molecule has 0 radical (unpaired) electrons. The number of nitrogens with one attached hydrogen (secondary N) is 3. The lowest BCUT2D eigenvalue weighted by atomic mass is 10.0. The van der Waals surface area contributed by atoms with E-state index < -0.39 is 0 Å². The van der Waals surface area contributed by atoms with Crippen molar-refractivity contribution < 1.29 is 4.39 Å². The number of benzene rings is 1. The third kappa shape index (κ3) is 3.37. The first-order valence-corrected chi connectivity index (χ1v) is 9.15. The maximum atomic E-state index is 14.5. The third-order valence-corrected chi connectivity index (χ3v) is 5.43. The Morgan fingerprint density at radius 3 is 2.77 bits per heavy atom. The van der Waals surface area contributed by atoms with Crippen LogP contribution in [0.25, 0.3) is 0 Å². The van der Waals surface area contributed by atoms with Gasteiger partial charge in [-0.2, -0.15) is 5.10 Å². The molecule has 0 unspecified atom stereocenters. The summed E-state index contributed by atoms with van der Waals surface area (Å²) < 4.78 is 14.5. The van der Waals surface area contributed by atoms with Gasteiger partial charge in [-0.3, -0.25) is 4.79 Å². The van der Waals surface area contributed by atoms with E-state index in [1.165, 1.54) is 0 Å². The number of aromatic nitrogens is 2. The van der Waals surface area contributed by atoms with Gasteiger partial charge in [0, 0.05) is 36.8 Å². The molecule has 0 saturated carbocycles. The number of aromatic amines is 1. The summed E-state index contributed by atoms with van der Waals surface area (Å²) in [5, 5.41) is 13.2. The fraction of sp³-hybridized carbons (Fsp3) is 0.474. The minimum atomic E-state index is -0.184. The van der Waals surface area contributed by atoms with Crippen molar-refractivity contribution in [2.45, 2.75) is 45.4 Å². The van der Waals surface area contributed by atoms with Gasteiger partial charge in [-0.05, 0) is 56.1 Å². The van der Waals surface area contributed by atoms with E-state index in [1.807, 2.05) is 6.07 Å². The molecular weight excluding hydrogens is 333 g/mol. The van der Waals surface area contributed by atoms with E-state index in [-0.39, 0.29) is 11.4 Å². The number of anilines is 1. The molecule has 2 aromatic rings. The molecule has 1 fully saturated rings. The monoisotopic (exact) mass is 357 g/mol. The molecule has 7 heteroatoms. The van der Waals surface area contributed by atoms with E-state index in [1.54, 1.807) is 19.2 Å². The van der Waals surface area contributed by atoms with Gasteiger partial charge in [0.2, 0.25) is 0 Å². The fourth-order valence-corrected chi connectivity index (χ4v) is 3.83. The molecule has 26 heavy (non-hydrogen) atoms. The van der Waals surface area contributed by atoms with Crippen molar-refractivity contribution in [2.75, 3.05) is 18.0 Å². The first-order chi connectivity index (χ1) is 12.6. The number of nitrogens with zero attached hydrogens (tertiary/aromatic N) is 2. The molecule has 2 aliphatic rings. The lowest BCUT2D eigenvalue weighted by molar-refractivity contribution is 0.383. The van der Waals surface area contributed by atoms with Gasteiger partial charge < -0.3 is 15.5 Å². The molecule has 1 aromatic carbocycles. The molecule has 3 N–H and O–H groups in total. The normalized spacial score (nSPS) is 17.5. The highest BCUT2D eigenvalue weighted by Crippen LogP contribution is 2.30. The number of rotatable bonds is 4. The number of fused-ring (bicyclic) bond motifs is 1. The molecule has 1 aromatic heterocycles. The maximum Gasteiger partial charge on any atom is 0.269 e. The standard InChI is InChI=1S/C19H24FN5O/c1-12-18(9-23-24-19(12)26)25-10-14-6-13(17(20)7-15(14)11-25)8-22-16-2-4-21-5-3-16/h6-7,9,16,21-22H,2-5,8,10-11H2,1H3,(H,24,26). The lowest BCUT2D eigenvalue weighted by Crippen LogP contribution is -2.39. The van der Waals surface area contributed by atoms with Gasteiger partial charge in [-0.25, -0.2) is 9.49 Å². The summed E-state index contributed by atoms with van der Waals surface area (Å²) in [5.74, 6) is -0.159. The Kier molecular flexibility index (Phi) is 4.74. The van der Waals surface area contributed by atoms with Crippen LogP contribution in [0.1, 0.15) is 35.1 Å². The number of hydrogen-bond acceptors (Lipinski definition) is 5. The molecular formula is C19H24FN5O. The summed E-state index contributed by atoms with van der Waals surface area (Å²) in [6.07, 6.45) is 3.82. The molecule has 0 aliphatic carbocycles. The van der Waals surface area contributed by atoms with Gasteiger partial charge in [0.1, 0.15) is 5.82 Å². The van der Waals surface area contributed by atoms with Crippen molar-refractivity contribution in [1.29, 1.82) is 0 Å². The average Bonchev–Trinajstić information content (AvgIpc) is 3.05. The fourth-order valence-electron chi connectivity index (χ4n) is 3.83. The Morgan fingerprint density at radius 1 is 1.27 bits per heavy atom. The quantitative estimate of drug-likeness (QED) is 0.775. The van der Waals surface area contributed by atoms with Crippen LogP contribution in [0, 0.1) is 12.7 Å². The summed E-state index contributed by atoms with van der Waals surface area (Å²) in [5.41, 5.74) is 4.07. The molecule has 3 heterocycles. The van der Waals surface area contributed by atoms with Gasteiger partial charge in [0.25, 0.3) is 5.56 Å². The van der Waals surface area contributed by atoms with Crippen LogP contribution in [-0.2, 0) is 19.6 Å². The Morgan fingerprint density at radius 2 is 2.00 bits per heavy atom. The highest BCUT2D eigenvalue weighted by molar-refractivity contribution is 5.55. The molecule has 0 bridgehead atoms. The van der Waals surface area contributed by atoms with E-state index in [0.29, 0.717) is 36.8 Å². The van der Waals surface area contributed by atoms with Crippen LogP contribution in [0.2, 0.25) is 0 Å². The molecule has 0 atom stereocenters. The number of hydrogen-bond donors (Lipinski definition) is 3. The third-order valence-electron chi connectivity index (χ3n) is 5.43. The Balaban J connectivity index is 1.50. The molecule has 6 nitrogen and oxygen atoms in total. The average molecular weight is 357 g/mol. The van der Waals surface area contributed by atoms with E-state index in [4.69, 9.17) is 0 Å². The number of H-pyrrole nitrogens is 1. The molecule has 4 rings (SSSR count). The topological polar surface area (TPSA) is 73.0 Å². The second-order valence-electron chi connectivity index (χ2n) is 7.18. The zero-order valence-corrected chi connectivity index (χ0v) is 14.9. The molecule has 138 valence electrons. The SMILES string of the molecule is Cc1c(N2Cc3cc(F)c(CNC4CCNCC4)cc3C2)cn[nH]c1=O. The lowest BCUT2D eigenvalue weighted by Gasteiger charge is -2.24. The predicted molar refractivity (Wildman–Crippen MR) is 98.6 cm³/mol. The van der Waals surface area contributed by atoms with Crippen molar-refractivity contribution in [3.05, 3.63) is 56.8 Å². The van der Waals surface area contributed by atoms with Crippen LogP contribution in [-0.4, -0.2) is 29.3 Å². The number of halogens is 1. The first kappa shape index (κ1) is 17.2. The summed E-state index contributed by atoms with van der Waals surface area (Å²) >= 11 is 0. The minimum absolute atomic E-state index is 0.159. The van der Waals surface area contributed by atoms with Gasteiger partial charge in [-0.1, -0.05) is 0 Å². The zero-order chi connectivity index (χ0) is 18.1. The van der Waals surface area contributed by atoms with Crippen molar-refractivity contribution in [3.63, 3.8) is 0 Å². The van der Waals surface area contributed by atoms with E-state index in [0.717, 1.165) is 42.7 Å². The first-order valence-electron chi connectivity index (χ1n) is 9.15. The summed E-state index contributed by atoms with van der Waals surface area (Å²) in [4.78, 5) is 13.9. The van der Waals surface area contributed by atoms with Crippen molar-refractivity contribution in [1.82, 2.24) is 20.8 Å². The van der Waals surface area contributed by atoms with Crippen LogP contribution in [0.3, 0.4) is 0 Å². The Bertz CT molecular complexity index is 859. The van der Waals surface area contributed by atoms with Crippen LogP contribution in [0.4, 0.5) is 10.1 Å². The van der Waals surface area contributed by atoms with Crippen molar-refractivity contribution in [3.8, 4) is 0 Å². The van der Waals surface area contributed by atoms with Gasteiger partial charge in [-0.15, -0.1) is 0 Å². The molecule has 1 saturated heterocycles. The van der Waals surface area contributed by atoms with Crippen LogP contribution in [0.15, 0.2) is 23.1 Å². The van der Waals surface area contributed by atoms with E-state index >= 15 is 0 Å². The molecule has 0 amide bonds. The second-order valence-corrected chi connectivity index (χ2v) is 7.18. The second kappa shape index (κ2) is 7.17. The molecule has 0 spiro atoms. The van der Waals surface area contributed by atoms with E-state index in [2.05, 4.69) is 25.7 Å². The zero-order valence-electron chi connectivity index (χ0n) is 14.9. The van der Waals surface area contributed by atoms with Gasteiger partial charge in [0.15, 0.2) is 0 Å². The maximum absolute atomic E-state index is 14.5. The summed E-state index contributed by atoms with van der Waals surface area (Å²) in [7, 11) is 0. The Hall–Kier alpha value is -2.25. The smallest absolute Gasteiger partial charge is 0.269 e. The van der Waals surface area contributed by atoms with Crippen LogP contribution in [0.5, 0.6) is 0 Å². The predicted octanol–water partition coefficient (Wildman–Crippen LogP) is 1.58. The van der Waals surface area contributed by atoms with Gasteiger partial charge in [0.05, 0.1) is 11.9 Å². The Labute approximate surface area is 151 Å². The largest absolute Gasteiger partial charge is 0.361 e. The highest BCUT2D eigenvalue weighted by Gasteiger charge is 2.24.